The molecule has 2 heterocycles. The Labute approximate surface area is 205 Å². The number of ether oxygens (including phenoxy) is 1. The number of rotatable bonds is 7. The number of anilines is 2. The summed E-state index contributed by atoms with van der Waals surface area (Å²) in [5.74, 6) is -1.13. The van der Waals surface area contributed by atoms with Gasteiger partial charge in [0.15, 0.2) is 0 Å². The van der Waals surface area contributed by atoms with E-state index in [4.69, 9.17) is 4.74 Å². The van der Waals surface area contributed by atoms with Crippen molar-refractivity contribution in [1.82, 2.24) is 10.3 Å². The van der Waals surface area contributed by atoms with Crippen molar-refractivity contribution >= 4 is 61.7 Å². The number of aromatic carboxylic acids is 1. The van der Waals surface area contributed by atoms with E-state index in [0.29, 0.717) is 22.6 Å². The topological polar surface area (TPSA) is 118 Å². The predicted octanol–water partition coefficient (Wildman–Crippen LogP) is 5.35. The molecule has 0 aliphatic heterocycles. The van der Waals surface area contributed by atoms with Gasteiger partial charge in [0, 0.05) is 33.3 Å². The lowest BCUT2D eigenvalue weighted by molar-refractivity contribution is -0.154. The fraction of sp³-hybridized carbons (Fsp3) is 0.231. The fourth-order valence-corrected chi connectivity index (χ4v) is 4.51. The second-order valence-corrected chi connectivity index (χ2v) is 9.88. The predicted molar refractivity (Wildman–Crippen MR) is 137 cm³/mol. The molecule has 0 fully saturated rings. The van der Waals surface area contributed by atoms with E-state index in [2.05, 4.69) is 15.6 Å². The first-order valence-corrected chi connectivity index (χ1v) is 11.9. The summed E-state index contributed by atoms with van der Waals surface area (Å²) in [5, 5.41) is 19.1. The van der Waals surface area contributed by atoms with Crippen molar-refractivity contribution in [3.05, 3.63) is 65.0 Å². The molecule has 0 aliphatic carbocycles. The fourth-order valence-electron chi connectivity index (χ4n) is 3.58. The van der Waals surface area contributed by atoms with Crippen molar-refractivity contribution in [1.29, 1.82) is 0 Å². The van der Waals surface area contributed by atoms with Crippen molar-refractivity contribution in [2.45, 2.75) is 32.8 Å². The monoisotopic (exact) mass is 491 g/mol. The quantitative estimate of drug-likeness (QED) is 0.298. The number of aromatic nitrogens is 1. The average molecular weight is 492 g/mol. The molecule has 35 heavy (non-hydrogen) atoms. The highest BCUT2D eigenvalue weighted by molar-refractivity contribution is 7.18. The Morgan fingerprint density at radius 1 is 1.03 bits per heavy atom. The smallest absolute Gasteiger partial charge is 0.335 e. The molecule has 0 bridgehead atoms. The van der Waals surface area contributed by atoms with Crippen LogP contribution in [0.5, 0.6) is 0 Å². The molecule has 3 N–H and O–H groups in total. The molecule has 0 atom stereocenters. The summed E-state index contributed by atoms with van der Waals surface area (Å²) >= 11 is 1.55. The largest absolute Gasteiger partial charge is 0.478 e. The first kappa shape index (κ1) is 24.2. The van der Waals surface area contributed by atoms with Gasteiger partial charge in [-0.2, -0.15) is 0 Å². The molecule has 180 valence electrons. The van der Waals surface area contributed by atoms with Crippen LogP contribution in [0.4, 0.5) is 11.5 Å². The molecule has 1 amide bonds. The van der Waals surface area contributed by atoms with Crippen molar-refractivity contribution in [2.24, 2.45) is 0 Å². The van der Waals surface area contributed by atoms with Crippen LogP contribution in [0.15, 0.2) is 53.9 Å². The Morgan fingerprint density at radius 3 is 2.57 bits per heavy atom. The number of carboxylic acids is 1. The number of esters is 1. The third-order valence-corrected chi connectivity index (χ3v) is 6.01. The molecule has 0 radical (unpaired) electrons. The summed E-state index contributed by atoms with van der Waals surface area (Å²) < 4.78 is 6.24. The third-order valence-electron chi connectivity index (χ3n) is 5.06. The van der Waals surface area contributed by atoms with Gasteiger partial charge in [-0.25, -0.2) is 9.78 Å². The summed E-state index contributed by atoms with van der Waals surface area (Å²) in [6.07, 6.45) is 0.0798. The van der Waals surface area contributed by atoms with Crippen LogP contribution in [-0.2, 0) is 9.53 Å². The molecule has 0 spiro atoms. The van der Waals surface area contributed by atoms with Gasteiger partial charge >= 0.3 is 11.9 Å². The Bertz CT molecular complexity index is 1440. The lowest BCUT2D eigenvalue weighted by atomic mass is 10.1. The minimum atomic E-state index is -1.01. The number of carboxylic acid groups (broad SMARTS) is 1. The van der Waals surface area contributed by atoms with Crippen LogP contribution in [0.1, 0.15) is 47.9 Å². The molecule has 4 aromatic rings. The highest BCUT2D eigenvalue weighted by atomic mass is 32.1. The van der Waals surface area contributed by atoms with Gasteiger partial charge in [0.2, 0.25) is 0 Å². The standard InChI is InChI=1S/C26H25N3O5S/c1-26(2,3)34-21(30)9-11-27-24(31)15-5-4-6-17(13-15)28-23-19-10-12-35-22(19)18-8-7-16(25(32)33)14-20(18)29-23/h4-8,10,12-14H,9,11H2,1-3H3,(H,27,31)(H,28,29)(H,32,33). The van der Waals surface area contributed by atoms with Gasteiger partial charge in [0.05, 0.1) is 17.5 Å². The van der Waals surface area contributed by atoms with E-state index in [1.54, 1.807) is 68.5 Å². The minimum absolute atomic E-state index is 0.0798. The van der Waals surface area contributed by atoms with Crippen LogP contribution in [0.25, 0.3) is 21.0 Å². The number of nitrogens with zero attached hydrogens (tertiary/aromatic N) is 1. The molecule has 2 aromatic heterocycles. The van der Waals surface area contributed by atoms with Gasteiger partial charge in [-0.15, -0.1) is 11.3 Å². The van der Waals surface area contributed by atoms with Gasteiger partial charge in [0.1, 0.15) is 11.4 Å². The zero-order chi connectivity index (χ0) is 25.2. The average Bonchev–Trinajstić information content (AvgIpc) is 3.28. The number of hydrogen-bond acceptors (Lipinski definition) is 7. The number of amides is 1. The van der Waals surface area contributed by atoms with Gasteiger partial charge < -0.3 is 20.5 Å². The van der Waals surface area contributed by atoms with Crippen molar-refractivity contribution < 1.29 is 24.2 Å². The van der Waals surface area contributed by atoms with E-state index in [9.17, 15) is 19.5 Å². The van der Waals surface area contributed by atoms with Crippen LogP contribution < -0.4 is 10.6 Å². The molecule has 0 saturated carbocycles. The summed E-state index contributed by atoms with van der Waals surface area (Å²) in [4.78, 5) is 40.5. The first-order chi connectivity index (χ1) is 16.6. The van der Waals surface area contributed by atoms with Gasteiger partial charge in [-0.1, -0.05) is 12.1 Å². The SMILES string of the molecule is CC(C)(C)OC(=O)CCNC(=O)c1cccc(Nc2nc3cc(C(=O)O)ccc3c3sccc23)c1. The maximum Gasteiger partial charge on any atom is 0.335 e. The van der Waals surface area contributed by atoms with Crippen molar-refractivity contribution in [2.75, 3.05) is 11.9 Å². The van der Waals surface area contributed by atoms with E-state index >= 15 is 0 Å². The zero-order valence-corrected chi connectivity index (χ0v) is 20.4. The highest BCUT2D eigenvalue weighted by Gasteiger charge is 2.17. The molecular formula is C26H25N3O5S. The van der Waals surface area contributed by atoms with Crippen LogP contribution in [0.3, 0.4) is 0 Å². The van der Waals surface area contributed by atoms with E-state index in [1.807, 2.05) is 17.5 Å². The summed E-state index contributed by atoms with van der Waals surface area (Å²) in [6.45, 7) is 5.54. The number of nitrogens with one attached hydrogen (secondary N) is 2. The highest BCUT2D eigenvalue weighted by Crippen LogP contribution is 2.35. The molecule has 0 unspecified atom stereocenters. The van der Waals surface area contributed by atoms with E-state index in [0.717, 1.165) is 15.5 Å². The van der Waals surface area contributed by atoms with Crippen LogP contribution >= 0.6 is 11.3 Å². The van der Waals surface area contributed by atoms with Crippen LogP contribution in [-0.4, -0.2) is 40.1 Å². The number of hydrogen-bond donors (Lipinski definition) is 3. The van der Waals surface area contributed by atoms with E-state index in [-0.39, 0.29) is 30.4 Å². The maximum atomic E-state index is 12.6. The number of thiophene rings is 1. The van der Waals surface area contributed by atoms with Gasteiger partial charge in [-0.3, -0.25) is 9.59 Å². The van der Waals surface area contributed by atoms with Gasteiger partial charge in [0.25, 0.3) is 5.91 Å². The summed E-state index contributed by atoms with van der Waals surface area (Å²) in [6, 6.07) is 13.8. The third kappa shape index (κ3) is 5.75. The molecule has 2 aromatic carbocycles. The lowest BCUT2D eigenvalue weighted by Crippen LogP contribution is -2.29. The maximum absolute atomic E-state index is 12.6. The zero-order valence-electron chi connectivity index (χ0n) is 19.5. The van der Waals surface area contributed by atoms with Crippen LogP contribution in [0, 0.1) is 0 Å². The molecule has 0 aliphatic rings. The second-order valence-electron chi connectivity index (χ2n) is 8.96. The number of benzene rings is 2. The minimum Gasteiger partial charge on any atom is -0.478 e. The van der Waals surface area contributed by atoms with E-state index in [1.165, 1.54) is 0 Å². The Kier molecular flexibility index (Phi) is 6.70. The van der Waals surface area contributed by atoms with Crippen molar-refractivity contribution in [3.8, 4) is 0 Å². The number of pyridine rings is 1. The molecular weight excluding hydrogens is 466 g/mol. The first-order valence-electron chi connectivity index (χ1n) is 11.0. The summed E-state index contributed by atoms with van der Waals surface area (Å²) in [5.41, 5.74) is 1.24. The second kappa shape index (κ2) is 9.71. The number of fused-ring (bicyclic) bond motifs is 3. The lowest BCUT2D eigenvalue weighted by Gasteiger charge is -2.19. The van der Waals surface area contributed by atoms with Gasteiger partial charge in [-0.05, 0) is 62.5 Å². The number of carbonyl (C=O) groups is 3. The Balaban J connectivity index is 1.52. The Morgan fingerprint density at radius 2 is 1.83 bits per heavy atom. The van der Waals surface area contributed by atoms with Crippen LogP contribution in [0.2, 0.25) is 0 Å². The molecule has 9 heteroatoms. The molecule has 0 saturated heterocycles. The Hall–Kier alpha value is -3.98. The number of carbonyl (C=O) groups excluding carboxylic acids is 2. The summed E-state index contributed by atoms with van der Waals surface area (Å²) in [7, 11) is 0. The van der Waals surface area contributed by atoms with Crippen molar-refractivity contribution in [3.63, 3.8) is 0 Å². The molecule has 4 rings (SSSR count). The molecule has 8 nitrogen and oxygen atoms in total. The van der Waals surface area contributed by atoms with E-state index < -0.39 is 11.6 Å². The normalized spacial score (nSPS) is 11.4.